The summed E-state index contributed by atoms with van der Waals surface area (Å²) in [5, 5.41) is 9.36. The molecule has 0 amide bonds. The molecule has 6 heteroatoms. The molecule has 1 N–H and O–H groups in total. The SMILES string of the molecule is O=C(O)c1cccnc1CN1CCCCC1CCN1CCOCC1. The molecule has 1 atom stereocenters. The fourth-order valence-corrected chi connectivity index (χ4v) is 3.70. The number of aromatic carboxylic acids is 1. The lowest BCUT2D eigenvalue weighted by Crippen LogP contribution is -2.43. The molecule has 6 nitrogen and oxygen atoms in total. The molecule has 24 heavy (non-hydrogen) atoms. The lowest BCUT2D eigenvalue weighted by atomic mass is 9.98. The fourth-order valence-electron chi connectivity index (χ4n) is 3.70. The van der Waals surface area contributed by atoms with Gasteiger partial charge in [0.1, 0.15) is 0 Å². The summed E-state index contributed by atoms with van der Waals surface area (Å²) < 4.78 is 5.41. The van der Waals surface area contributed by atoms with Crippen molar-refractivity contribution in [3.05, 3.63) is 29.6 Å². The fraction of sp³-hybridized carbons (Fsp3) is 0.667. The van der Waals surface area contributed by atoms with Crippen LogP contribution in [0, 0.1) is 0 Å². The lowest BCUT2D eigenvalue weighted by molar-refractivity contribution is 0.0301. The van der Waals surface area contributed by atoms with Gasteiger partial charge in [0.25, 0.3) is 0 Å². The van der Waals surface area contributed by atoms with E-state index in [1.54, 1.807) is 18.3 Å². The van der Waals surface area contributed by atoms with Crippen LogP contribution in [-0.2, 0) is 11.3 Å². The van der Waals surface area contributed by atoms with Crippen molar-refractivity contribution in [3.8, 4) is 0 Å². The van der Waals surface area contributed by atoms with Crippen molar-refractivity contribution in [2.75, 3.05) is 39.4 Å². The maximum Gasteiger partial charge on any atom is 0.337 e. The summed E-state index contributed by atoms with van der Waals surface area (Å²) >= 11 is 0. The van der Waals surface area contributed by atoms with E-state index in [0.29, 0.717) is 23.8 Å². The van der Waals surface area contributed by atoms with Gasteiger partial charge in [-0.15, -0.1) is 0 Å². The number of ether oxygens (including phenoxy) is 1. The molecule has 1 aromatic rings. The van der Waals surface area contributed by atoms with Crippen molar-refractivity contribution in [2.45, 2.75) is 38.3 Å². The first-order valence-electron chi connectivity index (χ1n) is 8.95. The van der Waals surface area contributed by atoms with Gasteiger partial charge in [-0.25, -0.2) is 4.79 Å². The summed E-state index contributed by atoms with van der Waals surface area (Å²) in [5.41, 5.74) is 1.01. The Labute approximate surface area is 143 Å². The summed E-state index contributed by atoms with van der Waals surface area (Å²) in [7, 11) is 0. The highest BCUT2D eigenvalue weighted by atomic mass is 16.5. The molecule has 2 saturated heterocycles. The molecule has 0 radical (unpaired) electrons. The summed E-state index contributed by atoms with van der Waals surface area (Å²) in [4.78, 5) is 20.6. The van der Waals surface area contributed by atoms with E-state index in [0.717, 1.165) is 45.8 Å². The van der Waals surface area contributed by atoms with Gasteiger partial charge < -0.3 is 9.84 Å². The van der Waals surface area contributed by atoms with E-state index < -0.39 is 5.97 Å². The molecule has 2 aliphatic rings. The zero-order chi connectivity index (χ0) is 16.8. The van der Waals surface area contributed by atoms with Gasteiger partial charge in [-0.05, 0) is 44.5 Å². The van der Waals surface area contributed by atoms with Gasteiger partial charge in [-0.3, -0.25) is 14.8 Å². The van der Waals surface area contributed by atoms with Crippen molar-refractivity contribution >= 4 is 5.97 Å². The molecule has 1 aromatic heterocycles. The van der Waals surface area contributed by atoms with E-state index in [9.17, 15) is 9.90 Å². The molecule has 0 bridgehead atoms. The Balaban J connectivity index is 1.61. The molecule has 132 valence electrons. The predicted molar refractivity (Wildman–Crippen MR) is 91.1 cm³/mol. The van der Waals surface area contributed by atoms with Crippen LogP contribution in [0.3, 0.4) is 0 Å². The van der Waals surface area contributed by atoms with Crippen molar-refractivity contribution in [1.82, 2.24) is 14.8 Å². The smallest absolute Gasteiger partial charge is 0.337 e. The quantitative estimate of drug-likeness (QED) is 0.857. The first-order valence-corrected chi connectivity index (χ1v) is 8.95. The van der Waals surface area contributed by atoms with Crippen LogP contribution >= 0.6 is 0 Å². The zero-order valence-corrected chi connectivity index (χ0v) is 14.2. The maximum atomic E-state index is 11.4. The van der Waals surface area contributed by atoms with Gasteiger partial charge >= 0.3 is 5.97 Å². The number of morpholine rings is 1. The Morgan fingerprint density at radius 3 is 2.92 bits per heavy atom. The molecule has 0 saturated carbocycles. The summed E-state index contributed by atoms with van der Waals surface area (Å²) in [6.07, 6.45) is 6.46. The van der Waals surface area contributed by atoms with Gasteiger partial charge in [0.15, 0.2) is 0 Å². The number of hydrogen-bond acceptors (Lipinski definition) is 5. The Hall–Kier alpha value is -1.50. The minimum Gasteiger partial charge on any atom is -0.478 e. The van der Waals surface area contributed by atoms with E-state index in [1.165, 1.54) is 19.3 Å². The van der Waals surface area contributed by atoms with Crippen LogP contribution in [0.4, 0.5) is 0 Å². The van der Waals surface area contributed by atoms with Crippen LogP contribution in [0.2, 0.25) is 0 Å². The third-order valence-electron chi connectivity index (χ3n) is 5.10. The van der Waals surface area contributed by atoms with Crippen molar-refractivity contribution < 1.29 is 14.6 Å². The van der Waals surface area contributed by atoms with Gasteiger partial charge in [0.05, 0.1) is 24.5 Å². The minimum atomic E-state index is -0.889. The van der Waals surface area contributed by atoms with E-state index >= 15 is 0 Å². The Morgan fingerprint density at radius 2 is 2.12 bits per heavy atom. The van der Waals surface area contributed by atoms with Crippen LogP contribution in [-0.4, -0.2) is 71.3 Å². The molecule has 1 unspecified atom stereocenters. The Morgan fingerprint density at radius 1 is 1.29 bits per heavy atom. The average molecular weight is 333 g/mol. The number of piperidine rings is 1. The van der Waals surface area contributed by atoms with Crippen LogP contribution in [0.5, 0.6) is 0 Å². The van der Waals surface area contributed by atoms with Crippen LogP contribution in [0.25, 0.3) is 0 Å². The minimum absolute atomic E-state index is 0.329. The highest BCUT2D eigenvalue weighted by Crippen LogP contribution is 2.23. The first kappa shape index (κ1) is 17.3. The third kappa shape index (κ3) is 4.53. The van der Waals surface area contributed by atoms with E-state index in [-0.39, 0.29) is 0 Å². The number of likely N-dealkylation sites (tertiary alicyclic amines) is 1. The number of nitrogens with zero attached hydrogens (tertiary/aromatic N) is 3. The van der Waals surface area contributed by atoms with E-state index in [1.807, 2.05) is 0 Å². The lowest BCUT2D eigenvalue weighted by Gasteiger charge is -2.37. The first-order chi connectivity index (χ1) is 11.7. The molecule has 0 aliphatic carbocycles. The molecule has 3 rings (SSSR count). The molecule has 2 aliphatic heterocycles. The zero-order valence-electron chi connectivity index (χ0n) is 14.2. The number of hydrogen-bond donors (Lipinski definition) is 1. The number of carboxylic acids is 1. The second-order valence-electron chi connectivity index (χ2n) is 6.67. The topological polar surface area (TPSA) is 65.9 Å². The largest absolute Gasteiger partial charge is 0.478 e. The van der Waals surface area contributed by atoms with Gasteiger partial charge in [-0.1, -0.05) is 6.42 Å². The molecular weight excluding hydrogens is 306 g/mol. The van der Waals surface area contributed by atoms with Gasteiger partial charge in [0, 0.05) is 31.9 Å². The number of rotatable bonds is 6. The monoisotopic (exact) mass is 333 g/mol. The average Bonchev–Trinajstić information content (AvgIpc) is 2.62. The molecule has 3 heterocycles. The van der Waals surface area contributed by atoms with Crippen molar-refractivity contribution in [2.24, 2.45) is 0 Å². The standard InChI is InChI=1S/C18H27N3O3/c22-18(23)16-5-3-7-19-17(16)14-21-8-2-1-4-15(21)6-9-20-10-12-24-13-11-20/h3,5,7,15H,1-2,4,6,8-14H2,(H,22,23). The second kappa shape index (κ2) is 8.55. The summed E-state index contributed by atoms with van der Waals surface area (Å²) in [6.45, 7) is 6.49. The summed E-state index contributed by atoms with van der Waals surface area (Å²) in [6, 6.07) is 3.86. The molecule has 0 aromatic carbocycles. The second-order valence-corrected chi connectivity index (χ2v) is 6.67. The Bertz CT molecular complexity index is 546. The highest BCUT2D eigenvalue weighted by Gasteiger charge is 2.25. The van der Waals surface area contributed by atoms with Gasteiger partial charge in [-0.2, -0.15) is 0 Å². The van der Waals surface area contributed by atoms with Crippen LogP contribution in [0.1, 0.15) is 41.7 Å². The van der Waals surface area contributed by atoms with Gasteiger partial charge in [0.2, 0.25) is 0 Å². The van der Waals surface area contributed by atoms with Crippen LogP contribution < -0.4 is 0 Å². The number of pyridine rings is 1. The van der Waals surface area contributed by atoms with E-state index in [2.05, 4.69) is 14.8 Å². The molecule has 0 spiro atoms. The van der Waals surface area contributed by atoms with E-state index in [4.69, 9.17) is 4.74 Å². The van der Waals surface area contributed by atoms with Crippen LogP contribution in [0.15, 0.2) is 18.3 Å². The molecule has 2 fully saturated rings. The number of carboxylic acid groups (broad SMARTS) is 1. The summed E-state index contributed by atoms with van der Waals surface area (Å²) in [5.74, 6) is -0.889. The number of carbonyl (C=O) groups is 1. The highest BCUT2D eigenvalue weighted by molar-refractivity contribution is 5.88. The van der Waals surface area contributed by atoms with Crippen molar-refractivity contribution in [3.63, 3.8) is 0 Å². The predicted octanol–water partition coefficient (Wildman–Crippen LogP) is 1.86. The third-order valence-corrected chi connectivity index (χ3v) is 5.10. The maximum absolute atomic E-state index is 11.4. The number of aromatic nitrogens is 1. The normalized spacial score (nSPS) is 23.2. The molecular formula is C18H27N3O3. The van der Waals surface area contributed by atoms with Crippen molar-refractivity contribution in [1.29, 1.82) is 0 Å². The Kier molecular flexibility index (Phi) is 6.18.